The number of fused-ring (bicyclic) bond motifs is 1. The van der Waals surface area contributed by atoms with E-state index in [4.69, 9.17) is 4.42 Å². The number of hydrogen-bond acceptors (Lipinski definition) is 5. The van der Waals surface area contributed by atoms with Crippen molar-refractivity contribution < 1.29 is 4.42 Å². The predicted octanol–water partition coefficient (Wildman–Crippen LogP) is 3.17. The summed E-state index contributed by atoms with van der Waals surface area (Å²) in [6, 6.07) is 9.87. The Morgan fingerprint density at radius 3 is 2.71 bits per heavy atom. The fourth-order valence-electron chi connectivity index (χ4n) is 2.05. The molecule has 0 saturated carbocycles. The Morgan fingerprint density at radius 1 is 1.10 bits per heavy atom. The quantitative estimate of drug-likeness (QED) is 0.799. The summed E-state index contributed by atoms with van der Waals surface area (Å²) in [5.41, 5.74) is 1.75. The van der Waals surface area contributed by atoms with Gasteiger partial charge in [-0.1, -0.05) is 18.2 Å². The van der Waals surface area contributed by atoms with Gasteiger partial charge in [0.05, 0.1) is 17.6 Å². The van der Waals surface area contributed by atoms with Crippen molar-refractivity contribution >= 4 is 10.9 Å². The fourth-order valence-corrected chi connectivity index (χ4v) is 2.05. The Balaban J connectivity index is 1.92. The summed E-state index contributed by atoms with van der Waals surface area (Å²) in [6.07, 6.45) is 1.77. The molecule has 21 heavy (non-hydrogen) atoms. The van der Waals surface area contributed by atoms with E-state index in [1.165, 1.54) is 0 Å². The Kier molecular flexibility index (Phi) is 3.43. The Labute approximate surface area is 123 Å². The highest BCUT2D eigenvalue weighted by Crippen LogP contribution is 2.25. The molecule has 0 fully saturated rings. The normalized spacial score (nSPS) is 12.0. The number of benzene rings is 1. The standard InChI is InChI=1S/C16H18N4O/c1-16(2,3)18-10-13-19-20-15(21-13)12-8-4-6-11-7-5-9-17-14(11)12/h4-9,18H,10H2,1-3H3. The molecule has 0 bridgehead atoms. The lowest BCUT2D eigenvalue weighted by Crippen LogP contribution is -2.35. The number of nitrogens with zero attached hydrogens (tertiary/aromatic N) is 3. The summed E-state index contributed by atoms with van der Waals surface area (Å²) >= 11 is 0. The van der Waals surface area contributed by atoms with Gasteiger partial charge in [-0.05, 0) is 32.9 Å². The van der Waals surface area contributed by atoms with Crippen molar-refractivity contribution in [1.82, 2.24) is 20.5 Å². The summed E-state index contributed by atoms with van der Waals surface area (Å²) in [5, 5.41) is 12.6. The molecule has 0 saturated heterocycles. The number of hydrogen-bond donors (Lipinski definition) is 1. The third kappa shape index (κ3) is 3.08. The number of pyridine rings is 1. The van der Waals surface area contributed by atoms with Crippen LogP contribution in [0.3, 0.4) is 0 Å². The fraction of sp³-hybridized carbons (Fsp3) is 0.312. The SMILES string of the molecule is CC(C)(C)NCc1nnc(-c2cccc3cccnc23)o1. The summed E-state index contributed by atoms with van der Waals surface area (Å²) in [7, 11) is 0. The highest BCUT2D eigenvalue weighted by atomic mass is 16.4. The van der Waals surface area contributed by atoms with E-state index in [1.54, 1.807) is 6.20 Å². The molecule has 108 valence electrons. The lowest BCUT2D eigenvalue weighted by molar-refractivity contribution is 0.383. The van der Waals surface area contributed by atoms with Crippen molar-refractivity contribution in [3.8, 4) is 11.5 Å². The van der Waals surface area contributed by atoms with E-state index in [9.17, 15) is 0 Å². The van der Waals surface area contributed by atoms with E-state index in [0.29, 0.717) is 18.3 Å². The van der Waals surface area contributed by atoms with E-state index >= 15 is 0 Å². The number of rotatable bonds is 3. The van der Waals surface area contributed by atoms with Gasteiger partial charge in [0.1, 0.15) is 0 Å². The Hall–Kier alpha value is -2.27. The lowest BCUT2D eigenvalue weighted by atomic mass is 10.1. The molecule has 1 N–H and O–H groups in total. The van der Waals surface area contributed by atoms with Crippen LogP contribution in [0.5, 0.6) is 0 Å². The number of para-hydroxylation sites is 1. The number of nitrogens with one attached hydrogen (secondary N) is 1. The van der Waals surface area contributed by atoms with Crippen LogP contribution in [0.25, 0.3) is 22.4 Å². The highest BCUT2D eigenvalue weighted by Gasteiger charge is 2.14. The Bertz CT molecular complexity index is 753. The molecule has 0 aliphatic carbocycles. The second-order valence-corrected chi connectivity index (χ2v) is 5.99. The average molecular weight is 282 g/mol. The molecular formula is C16H18N4O. The van der Waals surface area contributed by atoms with Gasteiger partial charge < -0.3 is 9.73 Å². The van der Waals surface area contributed by atoms with Crippen LogP contribution in [0.15, 0.2) is 40.9 Å². The molecule has 1 aromatic carbocycles. The van der Waals surface area contributed by atoms with Gasteiger partial charge in [-0.3, -0.25) is 4.98 Å². The first-order valence-corrected chi connectivity index (χ1v) is 6.94. The van der Waals surface area contributed by atoms with Crippen molar-refractivity contribution in [2.75, 3.05) is 0 Å². The smallest absolute Gasteiger partial charge is 0.250 e. The molecule has 0 aliphatic heterocycles. The van der Waals surface area contributed by atoms with Gasteiger partial charge in [0.15, 0.2) is 0 Å². The summed E-state index contributed by atoms with van der Waals surface area (Å²) in [4.78, 5) is 4.41. The van der Waals surface area contributed by atoms with Gasteiger partial charge in [0, 0.05) is 17.1 Å². The van der Waals surface area contributed by atoms with Crippen LogP contribution in [-0.4, -0.2) is 20.7 Å². The third-order valence-corrected chi connectivity index (χ3v) is 3.10. The largest absolute Gasteiger partial charge is 0.419 e. The van der Waals surface area contributed by atoms with E-state index < -0.39 is 0 Å². The van der Waals surface area contributed by atoms with Gasteiger partial charge in [0.2, 0.25) is 11.8 Å². The molecule has 0 unspecified atom stereocenters. The molecule has 0 aliphatic rings. The van der Waals surface area contributed by atoms with Crippen LogP contribution in [-0.2, 0) is 6.54 Å². The van der Waals surface area contributed by atoms with E-state index in [1.807, 2.05) is 30.3 Å². The molecule has 5 nitrogen and oxygen atoms in total. The van der Waals surface area contributed by atoms with Crippen molar-refractivity contribution in [3.63, 3.8) is 0 Å². The van der Waals surface area contributed by atoms with Crippen LogP contribution in [0.4, 0.5) is 0 Å². The summed E-state index contributed by atoms with van der Waals surface area (Å²) in [5.74, 6) is 1.08. The summed E-state index contributed by atoms with van der Waals surface area (Å²) in [6.45, 7) is 6.84. The van der Waals surface area contributed by atoms with Crippen LogP contribution in [0.1, 0.15) is 26.7 Å². The molecule has 3 aromatic rings. The molecule has 0 radical (unpaired) electrons. The molecule has 5 heteroatoms. The van der Waals surface area contributed by atoms with Gasteiger partial charge in [-0.25, -0.2) is 0 Å². The van der Waals surface area contributed by atoms with Gasteiger partial charge in [-0.2, -0.15) is 0 Å². The maximum atomic E-state index is 5.75. The minimum absolute atomic E-state index is 0.00956. The Morgan fingerprint density at radius 2 is 1.90 bits per heavy atom. The molecule has 0 atom stereocenters. The van der Waals surface area contributed by atoms with Crippen molar-refractivity contribution in [1.29, 1.82) is 0 Å². The predicted molar refractivity (Wildman–Crippen MR) is 81.6 cm³/mol. The van der Waals surface area contributed by atoms with E-state index in [0.717, 1.165) is 16.5 Å². The van der Waals surface area contributed by atoms with Gasteiger partial charge >= 0.3 is 0 Å². The van der Waals surface area contributed by atoms with Crippen molar-refractivity contribution in [2.45, 2.75) is 32.9 Å². The zero-order chi connectivity index (χ0) is 14.9. The highest BCUT2D eigenvalue weighted by molar-refractivity contribution is 5.91. The van der Waals surface area contributed by atoms with E-state index in [-0.39, 0.29) is 5.54 Å². The zero-order valence-corrected chi connectivity index (χ0v) is 12.4. The lowest BCUT2D eigenvalue weighted by Gasteiger charge is -2.18. The maximum absolute atomic E-state index is 5.75. The second kappa shape index (κ2) is 5.26. The average Bonchev–Trinajstić information content (AvgIpc) is 2.92. The number of aromatic nitrogens is 3. The third-order valence-electron chi connectivity index (χ3n) is 3.10. The molecule has 3 rings (SSSR count). The van der Waals surface area contributed by atoms with Crippen molar-refractivity contribution in [2.24, 2.45) is 0 Å². The van der Waals surface area contributed by atoms with Gasteiger partial charge in [0.25, 0.3) is 0 Å². The van der Waals surface area contributed by atoms with Crippen LogP contribution < -0.4 is 5.32 Å². The maximum Gasteiger partial charge on any atom is 0.250 e. The van der Waals surface area contributed by atoms with Crippen LogP contribution in [0, 0.1) is 0 Å². The zero-order valence-electron chi connectivity index (χ0n) is 12.4. The van der Waals surface area contributed by atoms with Crippen molar-refractivity contribution in [3.05, 3.63) is 42.4 Å². The molecular weight excluding hydrogens is 264 g/mol. The molecule has 2 aromatic heterocycles. The topological polar surface area (TPSA) is 63.8 Å². The van der Waals surface area contributed by atoms with Crippen LogP contribution in [0.2, 0.25) is 0 Å². The minimum atomic E-state index is 0.00956. The van der Waals surface area contributed by atoms with Crippen LogP contribution >= 0.6 is 0 Å². The first-order chi connectivity index (χ1) is 10.0. The first kappa shape index (κ1) is 13.7. The van der Waals surface area contributed by atoms with Gasteiger partial charge in [-0.15, -0.1) is 10.2 Å². The van der Waals surface area contributed by atoms with E-state index in [2.05, 4.69) is 41.3 Å². The summed E-state index contributed by atoms with van der Waals surface area (Å²) < 4.78 is 5.75. The minimum Gasteiger partial charge on any atom is -0.419 e. The monoisotopic (exact) mass is 282 g/mol. The molecule has 2 heterocycles. The first-order valence-electron chi connectivity index (χ1n) is 6.94. The molecule has 0 amide bonds. The molecule has 0 spiro atoms. The second-order valence-electron chi connectivity index (χ2n) is 5.99.